The Kier molecular flexibility index (Phi) is 9.34. The lowest BCUT2D eigenvalue weighted by Gasteiger charge is -2.11. The van der Waals surface area contributed by atoms with Crippen molar-refractivity contribution in [1.29, 1.82) is 0 Å². The van der Waals surface area contributed by atoms with Crippen molar-refractivity contribution in [1.82, 2.24) is 9.97 Å². The van der Waals surface area contributed by atoms with E-state index in [1.165, 1.54) is 30.3 Å². The minimum atomic E-state index is -3.37. The third-order valence-electron chi connectivity index (χ3n) is 6.08. The molecule has 230 valence electrons. The summed E-state index contributed by atoms with van der Waals surface area (Å²) in [5, 5.41) is 11.0. The van der Waals surface area contributed by atoms with Crippen LogP contribution >= 0.6 is 0 Å². The Bertz CT molecular complexity index is 1870. The number of aromatic nitrogens is 2. The van der Waals surface area contributed by atoms with Crippen LogP contribution in [0.5, 0.6) is 0 Å². The van der Waals surface area contributed by atoms with Crippen molar-refractivity contribution in [3.8, 4) is 0 Å². The number of sulfone groups is 2. The summed E-state index contributed by atoms with van der Waals surface area (Å²) >= 11 is 0. The van der Waals surface area contributed by atoms with Crippen molar-refractivity contribution in [2.75, 3.05) is 28.7 Å². The highest BCUT2D eigenvalue weighted by molar-refractivity contribution is 7.91. The first-order valence-corrected chi connectivity index (χ1v) is 16.4. The Balaban J connectivity index is 1.63. The Labute approximate surface area is 251 Å². The van der Waals surface area contributed by atoms with Crippen LogP contribution in [0.1, 0.15) is 25.0 Å². The fourth-order valence-electron chi connectivity index (χ4n) is 3.66. The van der Waals surface area contributed by atoms with Crippen LogP contribution in [-0.2, 0) is 19.7 Å². The maximum absolute atomic E-state index is 14.4. The van der Waals surface area contributed by atoms with Crippen molar-refractivity contribution in [3.63, 3.8) is 0 Å². The van der Waals surface area contributed by atoms with E-state index >= 15 is 0 Å². The standard InChI is InChI=1S/C28H26F3N7O4S2/c1-16(18-5-9-20(10-6-18)43(3,39)40)35-37-24-15-25(34-28(33-24)32-23-14-13-22(29)26(30)27(23)31)38-36-17(2)19-7-11-21(12-8-19)44(4,41)42/h5-15H,1-4H3,(H3,32,33,34,37,38). The normalized spacial score (nSPS) is 12.6. The Morgan fingerprint density at radius 3 is 1.50 bits per heavy atom. The number of benzene rings is 3. The molecule has 0 spiro atoms. The van der Waals surface area contributed by atoms with Gasteiger partial charge in [0.2, 0.25) is 5.95 Å². The number of nitrogens with zero attached hydrogens (tertiary/aromatic N) is 4. The molecule has 0 amide bonds. The van der Waals surface area contributed by atoms with Gasteiger partial charge in [-0.1, -0.05) is 24.3 Å². The molecule has 3 aromatic carbocycles. The molecule has 0 unspecified atom stereocenters. The molecule has 0 saturated carbocycles. The van der Waals surface area contributed by atoms with Crippen LogP contribution in [0, 0.1) is 17.5 Å². The van der Waals surface area contributed by atoms with E-state index in [1.807, 2.05) is 0 Å². The highest BCUT2D eigenvalue weighted by Gasteiger charge is 2.15. The summed E-state index contributed by atoms with van der Waals surface area (Å²) in [5.41, 5.74) is 7.19. The zero-order chi connectivity index (χ0) is 32.2. The maximum Gasteiger partial charge on any atom is 0.231 e. The average molecular weight is 646 g/mol. The summed E-state index contributed by atoms with van der Waals surface area (Å²) in [7, 11) is -6.75. The van der Waals surface area contributed by atoms with Gasteiger partial charge in [0.05, 0.1) is 26.9 Å². The molecule has 0 saturated heterocycles. The molecule has 0 atom stereocenters. The fraction of sp³-hybridized carbons (Fsp3) is 0.143. The highest BCUT2D eigenvalue weighted by atomic mass is 32.2. The van der Waals surface area contributed by atoms with Gasteiger partial charge in [-0.25, -0.2) is 30.0 Å². The van der Waals surface area contributed by atoms with Gasteiger partial charge in [-0.2, -0.15) is 20.2 Å². The van der Waals surface area contributed by atoms with Crippen LogP contribution in [0.25, 0.3) is 0 Å². The molecule has 0 aliphatic rings. The van der Waals surface area contributed by atoms with E-state index in [2.05, 4.69) is 36.3 Å². The van der Waals surface area contributed by atoms with Gasteiger partial charge in [-0.05, 0) is 61.4 Å². The van der Waals surface area contributed by atoms with Crippen LogP contribution in [0.4, 0.5) is 36.4 Å². The average Bonchev–Trinajstić information content (AvgIpc) is 2.98. The Morgan fingerprint density at radius 2 is 1.09 bits per heavy atom. The molecule has 1 aromatic heterocycles. The lowest BCUT2D eigenvalue weighted by molar-refractivity contribution is 0.449. The van der Waals surface area contributed by atoms with Gasteiger partial charge < -0.3 is 5.32 Å². The molecule has 4 aromatic rings. The summed E-state index contributed by atoms with van der Waals surface area (Å²) < 4.78 is 88.6. The molecular formula is C28H26F3N7O4S2. The number of hydrogen-bond acceptors (Lipinski definition) is 11. The quantitative estimate of drug-likeness (QED) is 0.121. The zero-order valence-electron chi connectivity index (χ0n) is 23.7. The molecule has 1 heterocycles. The smallest absolute Gasteiger partial charge is 0.231 e. The van der Waals surface area contributed by atoms with Crippen molar-refractivity contribution in [2.45, 2.75) is 23.6 Å². The van der Waals surface area contributed by atoms with E-state index in [0.717, 1.165) is 24.6 Å². The van der Waals surface area contributed by atoms with Gasteiger partial charge >= 0.3 is 0 Å². The van der Waals surface area contributed by atoms with E-state index in [-0.39, 0.29) is 27.4 Å². The number of hydrazone groups is 2. The first kappa shape index (κ1) is 32.1. The number of rotatable bonds is 10. The lowest BCUT2D eigenvalue weighted by Crippen LogP contribution is -2.08. The van der Waals surface area contributed by atoms with E-state index in [4.69, 9.17) is 0 Å². The number of hydrogen-bond donors (Lipinski definition) is 3. The molecular weight excluding hydrogens is 619 g/mol. The summed E-state index contributed by atoms with van der Waals surface area (Å²) in [4.78, 5) is 8.71. The number of halogens is 3. The monoisotopic (exact) mass is 645 g/mol. The maximum atomic E-state index is 14.4. The van der Waals surface area contributed by atoms with Crippen LogP contribution in [-0.4, -0.2) is 50.7 Å². The van der Waals surface area contributed by atoms with Crippen molar-refractivity contribution in [3.05, 3.63) is 95.3 Å². The van der Waals surface area contributed by atoms with E-state index in [1.54, 1.807) is 38.1 Å². The Hall–Kier alpha value is -4.83. The number of nitrogens with one attached hydrogen (secondary N) is 3. The Morgan fingerprint density at radius 1 is 0.659 bits per heavy atom. The van der Waals surface area contributed by atoms with Gasteiger partial charge in [-0.3, -0.25) is 10.9 Å². The molecule has 0 aliphatic carbocycles. The molecule has 44 heavy (non-hydrogen) atoms. The van der Waals surface area contributed by atoms with E-state index in [9.17, 15) is 30.0 Å². The third-order valence-corrected chi connectivity index (χ3v) is 8.34. The van der Waals surface area contributed by atoms with Gasteiger partial charge in [-0.15, -0.1) is 0 Å². The largest absolute Gasteiger partial charge is 0.321 e. The fourth-order valence-corrected chi connectivity index (χ4v) is 4.92. The van der Waals surface area contributed by atoms with Gasteiger partial charge in [0.25, 0.3) is 0 Å². The predicted molar refractivity (Wildman–Crippen MR) is 162 cm³/mol. The first-order chi connectivity index (χ1) is 20.6. The molecule has 0 aliphatic heterocycles. The highest BCUT2D eigenvalue weighted by Crippen LogP contribution is 2.24. The zero-order valence-corrected chi connectivity index (χ0v) is 25.4. The van der Waals surface area contributed by atoms with Crippen LogP contribution in [0.2, 0.25) is 0 Å². The van der Waals surface area contributed by atoms with Crippen molar-refractivity contribution < 1.29 is 30.0 Å². The molecule has 0 fully saturated rings. The minimum Gasteiger partial charge on any atom is -0.321 e. The molecule has 0 bridgehead atoms. The second-order valence-electron chi connectivity index (χ2n) is 9.52. The van der Waals surface area contributed by atoms with Crippen LogP contribution in [0.3, 0.4) is 0 Å². The topological polar surface area (TPSA) is 155 Å². The van der Waals surface area contributed by atoms with Crippen molar-refractivity contribution >= 4 is 54.4 Å². The molecule has 0 radical (unpaired) electrons. The molecule has 4 rings (SSSR count). The first-order valence-electron chi connectivity index (χ1n) is 12.6. The van der Waals surface area contributed by atoms with Gasteiger partial charge in [0.15, 0.2) is 48.8 Å². The predicted octanol–water partition coefficient (Wildman–Crippen LogP) is 5.12. The second-order valence-corrected chi connectivity index (χ2v) is 13.6. The van der Waals surface area contributed by atoms with Crippen LogP contribution in [0.15, 0.2) is 86.7 Å². The molecule has 3 N–H and O–H groups in total. The summed E-state index contributed by atoms with van der Waals surface area (Å²) in [6.07, 6.45) is 2.20. The second kappa shape index (κ2) is 12.8. The van der Waals surface area contributed by atoms with Gasteiger partial charge in [0.1, 0.15) is 0 Å². The SMILES string of the molecule is CC(=NNc1cc(NN=C(C)c2ccc(S(C)(=O)=O)cc2)nc(Nc2ccc(F)c(F)c2F)n1)c1ccc(S(C)(=O)=O)cc1. The minimum absolute atomic E-state index is 0.0884. The van der Waals surface area contributed by atoms with Gasteiger partial charge in [0, 0.05) is 18.6 Å². The summed E-state index contributed by atoms with van der Waals surface area (Å²) in [6.45, 7) is 3.34. The van der Waals surface area contributed by atoms with Crippen LogP contribution < -0.4 is 16.2 Å². The van der Waals surface area contributed by atoms with E-state index in [0.29, 0.717) is 22.6 Å². The summed E-state index contributed by atoms with van der Waals surface area (Å²) in [5.74, 6) is -4.56. The van der Waals surface area contributed by atoms with Crippen molar-refractivity contribution in [2.24, 2.45) is 10.2 Å². The number of anilines is 4. The lowest BCUT2D eigenvalue weighted by atomic mass is 10.1. The third kappa shape index (κ3) is 7.96. The molecule has 11 nitrogen and oxygen atoms in total. The summed E-state index contributed by atoms with van der Waals surface area (Å²) in [6, 6.07) is 15.3. The van der Waals surface area contributed by atoms with E-state index < -0.39 is 42.8 Å². The molecule has 16 heteroatoms.